The number of halogens is 5. The molecule has 5 N–H and O–H groups in total. The van der Waals surface area contributed by atoms with Gasteiger partial charge in [0.05, 0.1) is 73.9 Å². The molecule has 490 valence electrons. The van der Waals surface area contributed by atoms with Crippen LogP contribution in [0, 0.1) is 30.5 Å². The number of alkyl halides is 3. The molecule has 0 aliphatic carbocycles. The standard InChI is InChI=1S/C18H17FN4O2S.C15H22ClNO2.C11H11Cl2NO2.C8H14ClN5.C3H8NO5P.C3H9S/c1-4-5-22-13-7-12(11(19)6-14(13)25-9-16(22)24)20-17-23-10-18(2,3)8-15(23)21-26-17;1-5-13-8-6-7-11(2)15(13)17(14(18)9-16)12(3)10-19-4;1-7-6-16-9-5-3-2-4-8(9)14(7)11(15)10(12)13;1-4-10-7-12-6(9)13-8(14-7)11-5(2)3;5-3(6)1-4-2-10(7,8)9;1-4(2)3/h1,6-7H,5,8-10H2,2-3H3;6-8,12H,5,9-10H2,1-4H3;2-5,7,10H,6H2,1H3;5H,4H2,1-3H3,(H2,10,11,12,13,14);4H,1-2H2,(H,5,6)(H2,7,8,9);1-3H3/q;;;;;+1/p-1/b20-17-;;;;;. The second-order valence-corrected chi connectivity index (χ2v) is 27.8. The lowest BCUT2D eigenvalue weighted by atomic mass is 9.92. The van der Waals surface area contributed by atoms with Crippen molar-refractivity contribution in [1.29, 1.82) is 0 Å². The van der Waals surface area contributed by atoms with Gasteiger partial charge < -0.3 is 58.7 Å². The molecule has 31 heteroatoms. The number of carboxylic acid groups (broad SMARTS) is 1. The largest absolute Gasteiger partial charge is 0.778 e. The molecule has 3 atom stereocenters. The number of benzene rings is 3. The fourth-order valence-electron chi connectivity index (χ4n) is 8.52. The molecule has 0 spiro atoms. The van der Waals surface area contributed by atoms with Crippen LogP contribution in [0.5, 0.6) is 11.5 Å². The zero-order valence-corrected chi connectivity index (χ0v) is 57.7. The molecule has 0 saturated heterocycles. The number of carbonyl (C=O) groups is 4. The topological polar surface area (TPSA) is 291 Å². The van der Waals surface area contributed by atoms with Crippen molar-refractivity contribution in [3.8, 4) is 23.8 Å². The van der Waals surface area contributed by atoms with Crippen molar-refractivity contribution in [1.82, 2.24) is 29.2 Å². The number of methoxy groups -OCH3 is 1. The van der Waals surface area contributed by atoms with Crippen molar-refractivity contribution in [3.05, 3.63) is 87.5 Å². The highest BCUT2D eigenvalue weighted by Crippen LogP contribution is 2.38. The Morgan fingerprint density at radius 1 is 1.06 bits per heavy atom. The molecule has 5 heterocycles. The van der Waals surface area contributed by atoms with Gasteiger partial charge in [-0.2, -0.15) is 19.3 Å². The number of terminal acetylenes is 1. The van der Waals surface area contributed by atoms with Gasteiger partial charge in [0.1, 0.15) is 43.1 Å². The van der Waals surface area contributed by atoms with Crippen LogP contribution in [-0.2, 0) is 58.8 Å². The van der Waals surface area contributed by atoms with E-state index in [0.29, 0.717) is 58.0 Å². The third-order valence-electron chi connectivity index (χ3n) is 12.0. The molecular weight excluding hydrogens is 1300 g/mol. The first-order valence-corrected chi connectivity index (χ1v) is 34.5. The van der Waals surface area contributed by atoms with E-state index >= 15 is 0 Å². The SMILES string of the molecule is C#CCN1C(=O)COc2cc(F)c(/N=c3\snc4n3CC(C)(C)C4)cc21.CC1COc2ccccc2N1C(=O)C(Cl)Cl.CCNc1nc(Cl)nc(NC(C)C)n1.CCc1cccc(C)c1N(C(=O)CCl)C(C)COC.C[S+](C)C.O=C(O)CNCP(=O)([O-])O. The molecule has 3 amide bonds. The average Bonchev–Trinajstić information content (AvgIpc) is 2.90. The van der Waals surface area contributed by atoms with Crippen LogP contribution in [-0.4, -0.2) is 158 Å². The number of nitrogens with zero attached hydrogens (tertiary/aromatic N) is 9. The Kier molecular flexibility index (Phi) is 32.6. The molecule has 5 aromatic rings. The normalized spacial score (nSPS) is 15.3. The van der Waals surface area contributed by atoms with E-state index in [9.17, 15) is 33.0 Å². The summed E-state index contributed by atoms with van der Waals surface area (Å²) in [4.78, 5) is 84.7. The second kappa shape index (κ2) is 37.5. The first kappa shape index (κ1) is 77.4. The van der Waals surface area contributed by atoms with Crippen molar-refractivity contribution >= 4 is 135 Å². The number of fused-ring (bicyclic) bond motifs is 3. The molecular formula is C58H80Cl4FN12O11PS2. The van der Waals surface area contributed by atoms with Crippen LogP contribution in [0.3, 0.4) is 0 Å². The van der Waals surface area contributed by atoms with E-state index in [4.69, 9.17) is 77.0 Å². The van der Waals surface area contributed by atoms with Gasteiger partial charge in [-0.15, -0.1) is 18.0 Å². The second-order valence-electron chi connectivity index (χ2n) is 21.4. The first-order chi connectivity index (χ1) is 41.8. The third-order valence-corrected chi connectivity index (χ3v) is 14.2. The van der Waals surface area contributed by atoms with Gasteiger partial charge >= 0.3 is 5.97 Å². The predicted molar refractivity (Wildman–Crippen MR) is 354 cm³/mol. The van der Waals surface area contributed by atoms with E-state index in [1.54, 1.807) is 16.9 Å². The van der Waals surface area contributed by atoms with Gasteiger partial charge in [-0.05, 0) is 105 Å². The van der Waals surface area contributed by atoms with Gasteiger partial charge in [0, 0.05) is 50.3 Å². The Balaban J connectivity index is 0.000000296. The summed E-state index contributed by atoms with van der Waals surface area (Å²) in [5.74, 6) is 3.00. The van der Waals surface area contributed by atoms with Gasteiger partial charge in [-0.3, -0.25) is 29.4 Å². The number of carbonyl (C=O) groups excluding carboxylic acids is 3. The number of aliphatic carboxylic acids is 1. The fourth-order valence-corrected chi connectivity index (χ4v) is 10.2. The van der Waals surface area contributed by atoms with Crippen molar-refractivity contribution < 1.29 is 57.2 Å². The summed E-state index contributed by atoms with van der Waals surface area (Å²) in [6.07, 6.45) is 13.0. The zero-order valence-electron chi connectivity index (χ0n) is 52.1. The van der Waals surface area contributed by atoms with E-state index in [2.05, 4.69) is 86.5 Å². The van der Waals surface area contributed by atoms with Gasteiger partial charge in [0.25, 0.3) is 11.8 Å². The number of para-hydroxylation sites is 3. The number of carboxylic acids is 1. The van der Waals surface area contributed by atoms with Crippen molar-refractivity contribution in [2.45, 2.75) is 105 Å². The molecule has 3 aliphatic heterocycles. The van der Waals surface area contributed by atoms with Crippen LogP contribution in [0.15, 0.2) is 59.6 Å². The summed E-state index contributed by atoms with van der Waals surface area (Å²) in [6.45, 7) is 20.2. The summed E-state index contributed by atoms with van der Waals surface area (Å²) < 4.78 is 47.0. The Labute approximate surface area is 547 Å². The molecule has 0 fully saturated rings. The summed E-state index contributed by atoms with van der Waals surface area (Å²) in [6, 6.07) is 16.3. The van der Waals surface area contributed by atoms with Crippen LogP contribution in [0.25, 0.3) is 0 Å². The zero-order chi connectivity index (χ0) is 66.9. The molecule has 23 nitrogen and oxygen atoms in total. The Morgan fingerprint density at radius 3 is 2.30 bits per heavy atom. The molecule has 3 unspecified atom stereocenters. The minimum atomic E-state index is -4.35. The molecule has 0 radical (unpaired) electrons. The lowest BCUT2D eigenvalue weighted by Gasteiger charge is -2.35. The number of amides is 3. The Bertz CT molecular complexity index is 3310. The van der Waals surface area contributed by atoms with Gasteiger partial charge in [-0.25, -0.2) is 9.38 Å². The lowest BCUT2D eigenvalue weighted by Crippen LogP contribution is -2.47. The van der Waals surface area contributed by atoms with Crippen LogP contribution in [0.1, 0.15) is 72.3 Å². The Morgan fingerprint density at radius 2 is 1.72 bits per heavy atom. The minimum absolute atomic E-state index is 0.0223. The third kappa shape index (κ3) is 25.4. The highest BCUT2D eigenvalue weighted by atomic mass is 35.5. The van der Waals surface area contributed by atoms with Crippen molar-refractivity contribution in [2.24, 2.45) is 10.4 Å². The van der Waals surface area contributed by atoms with Gasteiger partial charge in [-0.1, -0.05) is 80.2 Å². The first-order valence-electron chi connectivity index (χ1n) is 27.8. The maximum atomic E-state index is 14.5. The van der Waals surface area contributed by atoms with Gasteiger partial charge in [0.15, 0.2) is 17.3 Å². The smallest absolute Gasteiger partial charge is 0.317 e. The average molecular weight is 1380 g/mol. The molecule has 8 rings (SSSR count). The summed E-state index contributed by atoms with van der Waals surface area (Å²) in [7, 11) is -2.07. The Hall–Kier alpha value is -5.82. The number of hydrogen-bond acceptors (Lipinski definition) is 18. The van der Waals surface area contributed by atoms with Crippen LogP contribution >= 0.6 is 65.5 Å². The van der Waals surface area contributed by atoms with Crippen LogP contribution in [0.4, 0.5) is 39.0 Å². The highest BCUT2D eigenvalue weighted by molar-refractivity contribution is 7.94. The lowest BCUT2D eigenvalue weighted by molar-refractivity contribution is -0.193. The molecule has 3 aromatic carbocycles. The molecule has 0 bridgehead atoms. The molecule has 2 aromatic heterocycles. The van der Waals surface area contributed by atoms with E-state index in [1.807, 2.05) is 87.8 Å². The number of aryl methyl sites for hydroxylation is 2. The maximum Gasteiger partial charge on any atom is 0.317 e. The van der Waals surface area contributed by atoms with E-state index < -0.39 is 37.0 Å². The number of nitrogens with one attached hydrogen (secondary N) is 3. The van der Waals surface area contributed by atoms with Crippen LogP contribution in [0.2, 0.25) is 5.28 Å². The number of anilines is 5. The summed E-state index contributed by atoms with van der Waals surface area (Å²) in [5.41, 5.74) is 4.61. The number of aromatic nitrogens is 5. The van der Waals surface area contributed by atoms with E-state index in [-0.39, 0.29) is 71.3 Å². The van der Waals surface area contributed by atoms with Crippen LogP contribution < -0.4 is 49.8 Å². The number of hydrogen-bond donors (Lipinski definition) is 5. The number of ether oxygens (including phenoxy) is 3. The molecule has 3 aliphatic rings. The summed E-state index contributed by atoms with van der Waals surface area (Å²) in [5, 5.41) is 16.2. The highest BCUT2D eigenvalue weighted by Gasteiger charge is 2.33. The van der Waals surface area contributed by atoms with Crippen molar-refractivity contribution in [2.75, 3.05) is 103 Å². The fraction of sp³-hybridized carbons (Fsp3) is 0.500. The quantitative estimate of drug-likeness (QED) is 0.0252. The number of rotatable bonds is 17. The molecule has 0 saturated carbocycles. The van der Waals surface area contributed by atoms with E-state index in [1.165, 1.54) is 28.6 Å². The van der Waals surface area contributed by atoms with Gasteiger partial charge in [0.2, 0.25) is 27.9 Å². The van der Waals surface area contributed by atoms with Crippen molar-refractivity contribution in [3.63, 3.8) is 0 Å². The minimum Gasteiger partial charge on any atom is -0.778 e. The maximum absolute atomic E-state index is 14.5. The van der Waals surface area contributed by atoms with E-state index in [0.717, 1.165) is 54.3 Å². The predicted octanol–water partition coefficient (Wildman–Crippen LogP) is 8.46. The monoisotopic (exact) mass is 1370 g/mol. The summed E-state index contributed by atoms with van der Waals surface area (Å²) >= 11 is 24.0. The molecule has 89 heavy (non-hydrogen) atoms.